The molecule has 1 saturated heterocycles. The lowest BCUT2D eigenvalue weighted by Crippen LogP contribution is -2.48. The molecule has 2 aliphatic rings. The van der Waals surface area contributed by atoms with Crippen LogP contribution in [0.15, 0.2) is 17.5 Å². The van der Waals surface area contributed by atoms with Crippen LogP contribution in [-0.2, 0) is 4.79 Å². The zero-order chi connectivity index (χ0) is 16.2. The van der Waals surface area contributed by atoms with Crippen molar-refractivity contribution in [3.8, 4) is 0 Å². The van der Waals surface area contributed by atoms with Gasteiger partial charge in [0.05, 0.1) is 10.8 Å². The second-order valence-corrected chi connectivity index (χ2v) is 7.99. The monoisotopic (exact) mass is 334 g/mol. The third kappa shape index (κ3) is 4.14. The van der Waals surface area contributed by atoms with Crippen LogP contribution in [0.2, 0.25) is 0 Å². The Kier molecular flexibility index (Phi) is 5.36. The lowest BCUT2D eigenvalue weighted by atomic mass is 9.86. The molecule has 2 heterocycles. The predicted octanol–water partition coefficient (Wildman–Crippen LogP) is 3.30. The van der Waals surface area contributed by atoms with Crippen molar-refractivity contribution < 1.29 is 9.59 Å². The Balaban J connectivity index is 1.55. The quantitative estimate of drug-likeness (QED) is 0.922. The first-order chi connectivity index (χ1) is 11.1. The SMILES string of the molecule is CC1CCCC(NC(=O)C2CCCN(C(=O)c3cccs3)C2)C1. The molecule has 126 valence electrons. The van der Waals surface area contributed by atoms with E-state index in [-0.39, 0.29) is 17.7 Å². The molecule has 3 unspecified atom stereocenters. The molecule has 4 nitrogen and oxygen atoms in total. The van der Waals surface area contributed by atoms with Crippen LogP contribution in [0.3, 0.4) is 0 Å². The molecule has 0 bridgehead atoms. The first kappa shape index (κ1) is 16.5. The van der Waals surface area contributed by atoms with E-state index in [9.17, 15) is 9.59 Å². The van der Waals surface area contributed by atoms with Gasteiger partial charge in [-0.15, -0.1) is 11.3 Å². The van der Waals surface area contributed by atoms with Gasteiger partial charge in [0.1, 0.15) is 0 Å². The van der Waals surface area contributed by atoms with Crippen molar-refractivity contribution in [2.45, 2.75) is 51.5 Å². The molecule has 1 aliphatic heterocycles. The van der Waals surface area contributed by atoms with Gasteiger partial charge in [-0.25, -0.2) is 0 Å². The number of thiophene rings is 1. The molecule has 0 spiro atoms. The first-order valence-corrected chi connectivity index (χ1v) is 9.64. The Morgan fingerprint density at radius 3 is 2.87 bits per heavy atom. The number of amides is 2. The topological polar surface area (TPSA) is 49.4 Å². The molecule has 1 N–H and O–H groups in total. The van der Waals surface area contributed by atoms with E-state index in [4.69, 9.17) is 0 Å². The maximum absolute atomic E-state index is 12.6. The highest BCUT2D eigenvalue weighted by Gasteiger charge is 2.31. The Morgan fingerprint density at radius 1 is 1.26 bits per heavy atom. The highest BCUT2D eigenvalue weighted by Crippen LogP contribution is 2.25. The van der Waals surface area contributed by atoms with Gasteiger partial charge >= 0.3 is 0 Å². The van der Waals surface area contributed by atoms with Gasteiger partial charge in [-0.3, -0.25) is 9.59 Å². The van der Waals surface area contributed by atoms with Crippen LogP contribution in [0.5, 0.6) is 0 Å². The van der Waals surface area contributed by atoms with Gasteiger partial charge in [0.2, 0.25) is 5.91 Å². The fourth-order valence-electron chi connectivity index (χ4n) is 3.82. The summed E-state index contributed by atoms with van der Waals surface area (Å²) in [6.45, 7) is 3.59. The minimum Gasteiger partial charge on any atom is -0.353 e. The van der Waals surface area contributed by atoms with E-state index in [1.807, 2.05) is 22.4 Å². The summed E-state index contributed by atoms with van der Waals surface area (Å²) >= 11 is 1.47. The van der Waals surface area contributed by atoms with Gasteiger partial charge in [0, 0.05) is 19.1 Å². The van der Waals surface area contributed by atoms with Crippen molar-refractivity contribution in [1.29, 1.82) is 0 Å². The van der Waals surface area contributed by atoms with Crippen molar-refractivity contribution in [3.63, 3.8) is 0 Å². The molecule has 1 saturated carbocycles. The lowest BCUT2D eigenvalue weighted by Gasteiger charge is -2.34. The molecule has 1 aromatic heterocycles. The number of piperidine rings is 1. The molecule has 1 aliphatic carbocycles. The van der Waals surface area contributed by atoms with Crippen LogP contribution >= 0.6 is 11.3 Å². The highest BCUT2D eigenvalue weighted by atomic mass is 32.1. The Morgan fingerprint density at radius 2 is 2.13 bits per heavy atom. The fraction of sp³-hybridized carbons (Fsp3) is 0.667. The van der Waals surface area contributed by atoms with E-state index >= 15 is 0 Å². The van der Waals surface area contributed by atoms with E-state index in [1.165, 1.54) is 24.2 Å². The number of carbonyl (C=O) groups excluding carboxylic acids is 2. The number of nitrogens with one attached hydrogen (secondary N) is 1. The van der Waals surface area contributed by atoms with Crippen molar-refractivity contribution >= 4 is 23.2 Å². The summed E-state index contributed by atoms with van der Waals surface area (Å²) in [6, 6.07) is 4.09. The van der Waals surface area contributed by atoms with Gasteiger partial charge in [-0.2, -0.15) is 0 Å². The molecule has 2 fully saturated rings. The van der Waals surface area contributed by atoms with Crippen LogP contribution in [0.25, 0.3) is 0 Å². The standard InChI is InChI=1S/C18H26N2O2S/c1-13-5-2-7-15(11-13)19-17(21)14-6-3-9-20(12-14)18(22)16-8-4-10-23-16/h4,8,10,13-15H,2-3,5-7,9,11-12H2,1H3,(H,19,21). The Bertz CT molecular complexity index is 543. The zero-order valence-corrected chi connectivity index (χ0v) is 14.6. The van der Waals surface area contributed by atoms with Crippen molar-refractivity contribution in [1.82, 2.24) is 10.2 Å². The molecule has 0 radical (unpaired) electrons. The molecule has 2 amide bonds. The van der Waals surface area contributed by atoms with Crippen LogP contribution in [0.4, 0.5) is 0 Å². The largest absolute Gasteiger partial charge is 0.353 e. The van der Waals surface area contributed by atoms with E-state index < -0.39 is 0 Å². The second-order valence-electron chi connectivity index (χ2n) is 7.04. The van der Waals surface area contributed by atoms with Gasteiger partial charge in [-0.1, -0.05) is 25.8 Å². The average molecular weight is 334 g/mol. The molecular weight excluding hydrogens is 308 g/mol. The van der Waals surface area contributed by atoms with Gasteiger partial charge in [-0.05, 0) is 43.0 Å². The average Bonchev–Trinajstić information content (AvgIpc) is 3.09. The van der Waals surface area contributed by atoms with E-state index in [2.05, 4.69) is 12.2 Å². The van der Waals surface area contributed by atoms with Gasteiger partial charge < -0.3 is 10.2 Å². The van der Waals surface area contributed by atoms with Crippen molar-refractivity contribution in [3.05, 3.63) is 22.4 Å². The number of hydrogen-bond acceptors (Lipinski definition) is 3. The molecular formula is C18H26N2O2S. The summed E-state index contributed by atoms with van der Waals surface area (Å²) in [5.41, 5.74) is 0. The minimum atomic E-state index is -0.0510. The number of carbonyl (C=O) groups is 2. The Labute approximate surface area is 142 Å². The van der Waals surface area contributed by atoms with Crippen molar-refractivity contribution in [2.75, 3.05) is 13.1 Å². The normalized spacial score (nSPS) is 28.4. The number of hydrogen-bond donors (Lipinski definition) is 1. The van der Waals surface area contributed by atoms with Crippen LogP contribution in [0.1, 0.15) is 55.1 Å². The van der Waals surface area contributed by atoms with Crippen molar-refractivity contribution in [2.24, 2.45) is 11.8 Å². The van der Waals surface area contributed by atoms with Gasteiger partial charge in [0.25, 0.3) is 5.91 Å². The maximum atomic E-state index is 12.6. The van der Waals surface area contributed by atoms with Gasteiger partial charge in [0.15, 0.2) is 0 Å². The smallest absolute Gasteiger partial charge is 0.263 e. The first-order valence-electron chi connectivity index (χ1n) is 8.76. The van der Waals surface area contributed by atoms with E-state index in [1.54, 1.807) is 0 Å². The zero-order valence-electron chi connectivity index (χ0n) is 13.8. The third-order valence-corrected chi connectivity index (χ3v) is 5.95. The van der Waals surface area contributed by atoms with Crippen LogP contribution < -0.4 is 5.32 Å². The summed E-state index contributed by atoms with van der Waals surface area (Å²) in [4.78, 5) is 27.7. The van der Waals surface area contributed by atoms with Crippen LogP contribution in [0, 0.1) is 11.8 Å². The molecule has 0 aromatic carbocycles. The third-order valence-electron chi connectivity index (χ3n) is 5.09. The minimum absolute atomic E-state index is 0.0510. The number of likely N-dealkylation sites (tertiary alicyclic amines) is 1. The lowest BCUT2D eigenvalue weighted by molar-refractivity contribution is -0.127. The summed E-state index contributed by atoms with van der Waals surface area (Å²) in [6.07, 6.45) is 6.48. The molecule has 3 rings (SSSR count). The molecule has 23 heavy (non-hydrogen) atoms. The fourth-order valence-corrected chi connectivity index (χ4v) is 4.51. The van der Waals surface area contributed by atoms with Crippen LogP contribution in [-0.4, -0.2) is 35.8 Å². The van der Waals surface area contributed by atoms with E-state index in [0.717, 1.165) is 37.1 Å². The number of rotatable bonds is 3. The highest BCUT2D eigenvalue weighted by molar-refractivity contribution is 7.12. The Hall–Kier alpha value is -1.36. The second kappa shape index (κ2) is 7.47. The predicted molar refractivity (Wildman–Crippen MR) is 92.5 cm³/mol. The molecule has 3 atom stereocenters. The number of nitrogens with zero attached hydrogens (tertiary/aromatic N) is 1. The molecule has 5 heteroatoms. The summed E-state index contributed by atoms with van der Waals surface area (Å²) < 4.78 is 0. The summed E-state index contributed by atoms with van der Waals surface area (Å²) in [5, 5.41) is 5.16. The molecule has 1 aromatic rings. The maximum Gasteiger partial charge on any atom is 0.263 e. The summed E-state index contributed by atoms with van der Waals surface area (Å²) in [5.74, 6) is 0.874. The summed E-state index contributed by atoms with van der Waals surface area (Å²) in [7, 11) is 0. The van der Waals surface area contributed by atoms with E-state index in [0.29, 0.717) is 18.5 Å².